The molecule has 1 aromatic rings. The fourth-order valence-corrected chi connectivity index (χ4v) is 2.35. The van der Waals surface area contributed by atoms with Crippen LogP contribution in [-0.4, -0.2) is 41.2 Å². The fraction of sp³-hybridized carbons (Fsp3) is 0.350. The highest BCUT2D eigenvalue weighted by atomic mass is 16.5. The van der Waals surface area contributed by atoms with Crippen molar-refractivity contribution in [3.63, 3.8) is 0 Å². The smallest absolute Gasteiger partial charge is 0.261 e. The third kappa shape index (κ3) is 4.39. The van der Waals surface area contributed by atoms with Crippen molar-refractivity contribution in [2.75, 3.05) is 13.3 Å². The molecule has 6 heteroatoms. The molecule has 2 rings (SSSR count). The third-order valence-corrected chi connectivity index (χ3v) is 4.08. The van der Waals surface area contributed by atoms with E-state index in [1.807, 2.05) is 20.8 Å². The van der Waals surface area contributed by atoms with E-state index in [9.17, 15) is 9.59 Å². The Kier molecular flexibility index (Phi) is 5.97. The van der Waals surface area contributed by atoms with Gasteiger partial charge in [0.2, 0.25) is 0 Å². The monoisotopic (exact) mass is 355 g/mol. The van der Waals surface area contributed by atoms with Crippen LogP contribution in [0.4, 0.5) is 0 Å². The number of hydrogen-bond donors (Lipinski definition) is 1. The zero-order chi connectivity index (χ0) is 19.3. The van der Waals surface area contributed by atoms with Crippen molar-refractivity contribution in [3.8, 4) is 0 Å². The first-order chi connectivity index (χ1) is 12.3. The number of nitrogens with one attached hydrogen (secondary N) is 1. The summed E-state index contributed by atoms with van der Waals surface area (Å²) in [5.41, 5.74) is 0.747. The van der Waals surface area contributed by atoms with Crippen molar-refractivity contribution in [1.29, 1.82) is 5.41 Å². The topological polar surface area (TPSA) is 73.7 Å². The molecule has 1 heterocycles. The van der Waals surface area contributed by atoms with Gasteiger partial charge >= 0.3 is 0 Å². The van der Waals surface area contributed by atoms with Gasteiger partial charge in [0, 0.05) is 18.2 Å². The lowest BCUT2D eigenvalue weighted by Crippen LogP contribution is -2.30. The van der Waals surface area contributed by atoms with Crippen LogP contribution in [0, 0.1) is 10.8 Å². The van der Waals surface area contributed by atoms with E-state index in [4.69, 9.17) is 10.1 Å². The van der Waals surface area contributed by atoms with Crippen LogP contribution in [0.15, 0.2) is 48.9 Å². The first-order valence-corrected chi connectivity index (χ1v) is 8.46. The number of ether oxygens (including phenoxy) is 1. The van der Waals surface area contributed by atoms with Gasteiger partial charge in [-0.25, -0.2) is 0 Å². The number of nitrogens with zero attached hydrogens (tertiary/aromatic N) is 2. The molecule has 0 aliphatic carbocycles. The lowest BCUT2D eigenvalue weighted by atomic mass is 9.95. The molecular formula is C20H25N3O3. The molecule has 0 saturated heterocycles. The van der Waals surface area contributed by atoms with Crippen molar-refractivity contribution in [1.82, 2.24) is 9.80 Å². The summed E-state index contributed by atoms with van der Waals surface area (Å²) in [5.74, 6) is 0.129. The number of imide groups is 1. The highest BCUT2D eigenvalue weighted by molar-refractivity contribution is 6.21. The van der Waals surface area contributed by atoms with Crippen LogP contribution in [0.2, 0.25) is 0 Å². The maximum absolute atomic E-state index is 12.3. The molecule has 138 valence electrons. The summed E-state index contributed by atoms with van der Waals surface area (Å²) in [6.07, 6.45) is 5.14. The Hall–Kier alpha value is -2.89. The number of rotatable bonds is 8. The molecule has 1 aliphatic heterocycles. The molecule has 0 spiro atoms. The van der Waals surface area contributed by atoms with Crippen LogP contribution in [0.1, 0.15) is 47.9 Å². The minimum absolute atomic E-state index is 0.164. The minimum atomic E-state index is -0.257. The molecule has 1 aromatic carbocycles. The molecule has 26 heavy (non-hydrogen) atoms. The zero-order valence-electron chi connectivity index (χ0n) is 15.5. The van der Waals surface area contributed by atoms with Crippen LogP contribution < -0.4 is 0 Å². The Balaban J connectivity index is 1.85. The quantitative estimate of drug-likeness (QED) is 0.254. The molecule has 0 unspecified atom stereocenters. The Morgan fingerprint density at radius 3 is 2.31 bits per heavy atom. The van der Waals surface area contributed by atoms with Gasteiger partial charge in [0.15, 0.2) is 6.73 Å². The number of amides is 2. The number of hydrogen-bond acceptors (Lipinski definition) is 4. The largest absolute Gasteiger partial charge is 0.477 e. The first kappa shape index (κ1) is 19.4. The van der Waals surface area contributed by atoms with Gasteiger partial charge in [0.25, 0.3) is 11.8 Å². The second-order valence-corrected chi connectivity index (χ2v) is 7.07. The number of carbonyl (C=O) groups excluding carboxylic acids is 2. The van der Waals surface area contributed by atoms with Gasteiger partial charge in [-0.1, -0.05) is 45.6 Å². The van der Waals surface area contributed by atoms with Gasteiger partial charge in [0.1, 0.15) is 0 Å². The van der Waals surface area contributed by atoms with Crippen LogP contribution in [0.5, 0.6) is 0 Å². The van der Waals surface area contributed by atoms with Gasteiger partial charge < -0.3 is 9.64 Å². The Bertz CT molecular complexity index is 712. The highest BCUT2D eigenvalue weighted by Crippen LogP contribution is 2.24. The van der Waals surface area contributed by atoms with E-state index >= 15 is 0 Å². The van der Waals surface area contributed by atoms with Crippen molar-refractivity contribution >= 4 is 18.2 Å². The molecule has 0 fully saturated rings. The van der Waals surface area contributed by atoms with E-state index in [-0.39, 0.29) is 24.0 Å². The van der Waals surface area contributed by atoms with E-state index in [1.165, 1.54) is 4.90 Å². The Morgan fingerprint density at radius 2 is 1.81 bits per heavy atom. The van der Waals surface area contributed by atoms with E-state index in [1.54, 1.807) is 41.4 Å². The molecule has 0 radical (unpaired) electrons. The van der Waals surface area contributed by atoms with E-state index in [0.717, 1.165) is 6.34 Å². The van der Waals surface area contributed by atoms with Gasteiger partial charge in [0.05, 0.1) is 23.2 Å². The Morgan fingerprint density at radius 1 is 1.23 bits per heavy atom. The predicted molar refractivity (Wildman–Crippen MR) is 101 cm³/mol. The third-order valence-electron chi connectivity index (χ3n) is 4.08. The van der Waals surface area contributed by atoms with E-state index in [2.05, 4.69) is 6.58 Å². The van der Waals surface area contributed by atoms with Crippen LogP contribution in [0.25, 0.3) is 0 Å². The van der Waals surface area contributed by atoms with Crippen molar-refractivity contribution in [2.45, 2.75) is 27.2 Å². The molecule has 0 atom stereocenters. The lowest BCUT2D eigenvalue weighted by molar-refractivity contribution is 0.0656. The molecule has 2 amide bonds. The average Bonchev–Trinajstić information content (AvgIpc) is 2.85. The van der Waals surface area contributed by atoms with E-state index in [0.29, 0.717) is 29.9 Å². The fourth-order valence-electron chi connectivity index (χ4n) is 2.35. The second-order valence-electron chi connectivity index (χ2n) is 7.07. The summed E-state index contributed by atoms with van der Waals surface area (Å²) in [6.45, 7) is 10.4. The minimum Gasteiger partial charge on any atom is -0.477 e. The number of carbonyl (C=O) groups is 2. The molecule has 1 aliphatic rings. The maximum atomic E-state index is 12.3. The summed E-state index contributed by atoms with van der Waals surface area (Å²) >= 11 is 0. The first-order valence-electron chi connectivity index (χ1n) is 8.46. The average molecular weight is 355 g/mol. The van der Waals surface area contributed by atoms with Crippen molar-refractivity contribution < 1.29 is 14.3 Å². The van der Waals surface area contributed by atoms with Crippen molar-refractivity contribution in [2.24, 2.45) is 5.41 Å². The summed E-state index contributed by atoms with van der Waals surface area (Å²) in [7, 11) is 0. The summed E-state index contributed by atoms with van der Waals surface area (Å²) < 4.78 is 5.58. The molecular weight excluding hydrogens is 330 g/mol. The molecule has 0 aromatic heterocycles. The van der Waals surface area contributed by atoms with Crippen LogP contribution in [-0.2, 0) is 4.74 Å². The van der Waals surface area contributed by atoms with Crippen molar-refractivity contribution in [3.05, 3.63) is 60.0 Å². The van der Waals surface area contributed by atoms with E-state index < -0.39 is 0 Å². The maximum Gasteiger partial charge on any atom is 0.261 e. The zero-order valence-corrected chi connectivity index (χ0v) is 15.5. The SMILES string of the molecule is C=C(OCN(C=N)/C=C/CCN1C(=O)c2ccccc2C1=O)C(C)(C)C. The second kappa shape index (κ2) is 7.99. The number of benzene rings is 1. The Labute approximate surface area is 154 Å². The predicted octanol–water partition coefficient (Wildman–Crippen LogP) is 3.63. The number of fused-ring (bicyclic) bond motifs is 1. The lowest BCUT2D eigenvalue weighted by Gasteiger charge is -2.24. The van der Waals surface area contributed by atoms with Gasteiger partial charge in [-0.2, -0.15) is 0 Å². The van der Waals surface area contributed by atoms with Gasteiger partial charge in [-0.15, -0.1) is 0 Å². The highest BCUT2D eigenvalue weighted by Gasteiger charge is 2.34. The van der Waals surface area contributed by atoms with Gasteiger partial charge in [-0.05, 0) is 18.6 Å². The van der Waals surface area contributed by atoms with Gasteiger partial charge in [-0.3, -0.25) is 19.9 Å². The summed E-state index contributed by atoms with van der Waals surface area (Å²) in [5, 5.41) is 7.44. The standard InChI is InChI=1S/C20H25N3O3/c1-15(20(2,3)4)26-14-22(13-21)11-7-8-12-23-18(24)16-9-5-6-10-17(16)19(23)25/h5-7,9-11,13,21H,1,8,12,14H2,2-4H3/b11-7+,21-13?. The summed E-state index contributed by atoms with van der Waals surface area (Å²) in [4.78, 5) is 27.3. The molecule has 0 bridgehead atoms. The summed E-state index contributed by atoms with van der Waals surface area (Å²) in [6, 6.07) is 6.84. The number of allylic oxidation sites excluding steroid dienone is 1. The molecule has 6 nitrogen and oxygen atoms in total. The normalized spacial score (nSPS) is 13.9. The van der Waals surface area contributed by atoms with Crippen LogP contribution in [0.3, 0.4) is 0 Å². The molecule has 0 saturated carbocycles. The van der Waals surface area contributed by atoms with Crippen LogP contribution >= 0.6 is 0 Å². The molecule has 1 N–H and O–H groups in total.